The number of nitrogens with one attached hydrogen (secondary N) is 1. The molecule has 1 N–H and O–H groups in total. The number of anilines is 1. The fourth-order valence-corrected chi connectivity index (χ4v) is 5.32. The molecule has 6 nitrogen and oxygen atoms in total. The van der Waals surface area contributed by atoms with Crippen molar-refractivity contribution in [1.29, 1.82) is 0 Å². The van der Waals surface area contributed by atoms with Gasteiger partial charge in [0.25, 0.3) is 5.91 Å². The molecule has 0 bridgehead atoms. The molecule has 0 spiro atoms. The standard InChI is InChI=1S/C25H25N3O3/c1-25(2)12-10-14-18(31-25)9-8-17-21(14)24(29)28-13-11-15-20-16(6-5-7-19(20)30-4)26-22(15)23(28)27(17)3/h5-10,12,23,26H,11,13H2,1-4H3. The Bertz CT molecular complexity index is 1290. The number of carbonyl (C=O) groups excluding carboxylic acids is 1. The number of rotatable bonds is 1. The van der Waals surface area contributed by atoms with E-state index in [4.69, 9.17) is 9.47 Å². The molecule has 1 aromatic heterocycles. The lowest BCUT2D eigenvalue weighted by molar-refractivity contribution is 0.0632. The first-order valence-corrected chi connectivity index (χ1v) is 10.7. The lowest BCUT2D eigenvalue weighted by Gasteiger charge is -2.47. The average molecular weight is 415 g/mol. The van der Waals surface area contributed by atoms with Crippen molar-refractivity contribution in [2.75, 3.05) is 25.6 Å². The fraction of sp³-hybridized carbons (Fsp3) is 0.320. The van der Waals surface area contributed by atoms with E-state index in [1.54, 1.807) is 7.11 Å². The van der Waals surface area contributed by atoms with Gasteiger partial charge in [0.15, 0.2) is 0 Å². The highest BCUT2D eigenvalue weighted by atomic mass is 16.5. The van der Waals surface area contributed by atoms with Crippen LogP contribution in [-0.4, -0.2) is 42.1 Å². The highest BCUT2D eigenvalue weighted by Gasteiger charge is 2.43. The molecule has 1 unspecified atom stereocenters. The minimum Gasteiger partial charge on any atom is -0.496 e. The van der Waals surface area contributed by atoms with E-state index in [1.807, 2.05) is 55.2 Å². The smallest absolute Gasteiger partial charge is 0.258 e. The molecule has 4 heterocycles. The zero-order valence-corrected chi connectivity index (χ0v) is 18.2. The molecule has 6 heteroatoms. The number of benzene rings is 2. The second-order valence-electron chi connectivity index (χ2n) is 9.04. The van der Waals surface area contributed by atoms with E-state index < -0.39 is 0 Å². The summed E-state index contributed by atoms with van der Waals surface area (Å²) in [4.78, 5) is 21.5. The van der Waals surface area contributed by atoms with Crippen LogP contribution in [0.15, 0.2) is 36.4 Å². The summed E-state index contributed by atoms with van der Waals surface area (Å²) in [5.41, 5.74) is 5.49. The number of ether oxygens (including phenoxy) is 2. The van der Waals surface area contributed by atoms with Crippen LogP contribution in [0.25, 0.3) is 17.0 Å². The first kappa shape index (κ1) is 18.4. The second kappa shape index (κ2) is 6.06. The van der Waals surface area contributed by atoms with Gasteiger partial charge < -0.3 is 24.3 Å². The van der Waals surface area contributed by atoms with E-state index >= 15 is 0 Å². The first-order valence-electron chi connectivity index (χ1n) is 10.7. The Hall–Kier alpha value is -3.41. The lowest BCUT2D eigenvalue weighted by Crippen LogP contribution is -2.51. The van der Waals surface area contributed by atoms with Crippen LogP contribution in [-0.2, 0) is 6.42 Å². The molecule has 1 amide bonds. The molecule has 0 radical (unpaired) electrons. The van der Waals surface area contributed by atoms with Crippen LogP contribution in [0.5, 0.6) is 11.5 Å². The molecule has 0 saturated carbocycles. The minimum absolute atomic E-state index is 0.0548. The largest absolute Gasteiger partial charge is 0.496 e. The number of hydrogen-bond acceptors (Lipinski definition) is 4. The number of H-pyrrole nitrogens is 1. The predicted octanol–water partition coefficient (Wildman–Crippen LogP) is 4.51. The summed E-state index contributed by atoms with van der Waals surface area (Å²) in [7, 11) is 3.76. The van der Waals surface area contributed by atoms with Crippen LogP contribution < -0.4 is 14.4 Å². The van der Waals surface area contributed by atoms with Crippen molar-refractivity contribution >= 4 is 28.6 Å². The zero-order valence-electron chi connectivity index (χ0n) is 18.2. The Labute approximate surface area is 181 Å². The van der Waals surface area contributed by atoms with Gasteiger partial charge in [-0.25, -0.2) is 0 Å². The van der Waals surface area contributed by atoms with Crippen molar-refractivity contribution < 1.29 is 14.3 Å². The number of fused-ring (bicyclic) bond motifs is 8. The van der Waals surface area contributed by atoms with E-state index in [-0.39, 0.29) is 17.7 Å². The van der Waals surface area contributed by atoms with E-state index in [1.165, 1.54) is 5.56 Å². The van der Waals surface area contributed by atoms with Crippen molar-refractivity contribution in [2.45, 2.75) is 32.0 Å². The lowest BCUT2D eigenvalue weighted by atomic mass is 9.91. The summed E-state index contributed by atoms with van der Waals surface area (Å²) in [6.07, 6.45) is 4.67. The van der Waals surface area contributed by atoms with Crippen LogP contribution in [0, 0.1) is 0 Å². The maximum atomic E-state index is 13.7. The third-order valence-corrected chi connectivity index (χ3v) is 6.73. The molecule has 6 rings (SSSR count). The van der Waals surface area contributed by atoms with E-state index in [2.05, 4.69) is 23.0 Å². The molecular formula is C25H25N3O3. The van der Waals surface area contributed by atoms with Crippen molar-refractivity contribution in [3.05, 3.63) is 58.8 Å². The number of nitrogens with zero attached hydrogens (tertiary/aromatic N) is 2. The van der Waals surface area contributed by atoms with E-state index in [0.717, 1.165) is 51.3 Å². The van der Waals surface area contributed by atoms with Crippen molar-refractivity contribution in [2.24, 2.45) is 0 Å². The Morgan fingerprint density at radius 3 is 2.87 bits per heavy atom. The number of carbonyl (C=O) groups is 1. The van der Waals surface area contributed by atoms with Gasteiger partial charge in [-0.15, -0.1) is 0 Å². The maximum Gasteiger partial charge on any atom is 0.258 e. The third-order valence-electron chi connectivity index (χ3n) is 6.73. The van der Waals surface area contributed by atoms with Gasteiger partial charge in [0.2, 0.25) is 0 Å². The fourth-order valence-electron chi connectivity index (χ4n) is 5.32. The summed E-state index contributed by atoms with van der Waals surface area (Å²) in [6, 6.07) is 10.0. The SMILES string of the molecule is COc1cccc2[nH]c3c(c12)CCN1C(=O)c2c(ccc4c2C=CC(C)(C)O4)N(C)C31. The van der Waals surface area contributed by atoms with Gasteiger partial charge in [-0.3, -0.25) is 4.79 Å². The number of amides is 1. The third kappa shape index (κ3) is 2.42. The number of hydrogen-bond donors (Lipinski definition) is 1. The van der Waals surface area contributed by atoms with Gasteiger partial charge >= 0.3 is 0 Å². The Morgan fingerprint density at radius 1 is 1.23 bits per heavy atom. The zero-order chi connectivity index (χ0) is 21.5. The predicted molar refractivity (Wildman–Crippen MR) is 121 cm³/mol. The van der Waals surface area contributed by atoms with Gasteiger partial charge in [0.05, 0.1) is 24.1 Å². The molecule has 0 fully saturated rings. The summed E-state index contributed by atoms with van der Waals surface area (Å²) in [6.45, 7) is 4.70. The monoisotopic (exact) mass is 415 g/mol. The highest BCUT2D eigenvalue weighted by Crippen LogP contribution is 2.47. The normalized spacial score (nSPS) is 20.6. The summed E-state index contributed by atoms with van der Waals surface area (Å²) in [5, 5.41) is 1.12. The topological polar surface area (TPSA) is 57.8 Å². The Kier molecular flexibility index (Phi) is 3.59. The van der Waals surface area contributed by atoms with Gasteiger partial charge in [-0.1, -0.05) is 12.1 Å². The van der Waals surface area contributed by atoms with E-state index in [0.29, 0.717) is 6.54 Å². The van der Waals surface area contributed by atoms with Gasteiger partial charge in [0, 0.05) is 30.1 Å². The quantitative estimate of drug-likeness (QED) is 0.635. The molecule has 0 aliphatic carbocycles. The van der Waals surface area contributed by atoms with Crippen molar-refractivity contribution in [1.82, 2.24) is 9.88 Å². The molecule has 1 atom stereocenters. The molecule has 0 saturated heterocycles. The second-order valence-corrected chi connectivity index (χ2v) is 9.04. The van der Waals surface area contributed by atoms with Crippen LogP contribution in [0.1, 0.15) is 47.2 Å². The average Bonchev–Trinajstić information content (AvgIpc) is 3.14. The van der Waals surface area contributed by atoms with E-state index in [9.17, 15) is 4.79 Å². The molecule has 3 aromatic rings. The van der Waals surface area contributed by atoms with Crippen LogP contribution in [0.4, 0.5) is 5.69 Å². The van der Waals surface area contributed by atoms with Crippen molar-refractivity contribution in [3.63, 3.8) is 0 Å². The molecular weight excluding hydrogens is 390 g/mol. The highest BCUT2D eigenvalue weighted by molar-refractivity contribution is 6.07. The van der Waals surface area contributed by atoms with Crippen molar-refractivity contribution in [3.8, 4) is 11.5 Å². The summed E-state index contributed by atoms with van der Waals surface area (Å²) in [5.74, 6) is 1.69. The molecule has 158 valence electrons. The minimum atomic E-state index is -0.378. The molecule has 2 aromatic carbocycles. The Balaban J connectivity index is 1.53. The van der Waals surface area contributed by atoms with Crippen LogP contribution in [0.2, 0.25) is 0 Å². The maximum absolute atomic E-state index is 13.7. The van der Waals surface area contributed by atoms with Crippen LogP contribution in [0.3, 0.4) is 0 Å². The summed E-state index contributed by atoms with van der Waals surface area (Å²) >= 11 is 0. The number of aromatic nitrogens is 1. The molecule has 3 aliphatic heterocycles. The first-order chi connectivity index (χ1) is 14.9. The Morgan fingerprint density at radius 2 is 2.06 bits per heavy atom. The number of aromatic amines is 1. The van der Waals surface area contributed by atoms with Gasteiger partial charge in [-0.2, -0.15) is 0 Å². The van der Waals surface area contributed by atoms with Gasteiger partial charge in [-0.05, 0) is 56.2 Å². The van der Waals surface area contributed by atoms with Gasteiger partial charge in [0.1, 0.15) is 23.3 Å². The summed E-state index contributed by atoms with van der Waals surface area (Å²) < 4.78 is 11.8. The number of methoxy groups -OCH3 is 1. The molecule has 31 heavy (non-hydrogen) atoms. The molecule has 3 aliphatic rings. The van der Waals surface area contributed by atoms with Crippen LogP contribution >= 0.6 is 0 Å².